The zero-order valence-corrected chi connectivity index (χ0v) is 31.5. The van der Waals surface area contributed by atoms with Gasteiger partial charge in [0.15, 0.2) is 5.69 Å². The maximum absolute atomic E-state index is 15.3. The molecule has 2 nitrogen and oxygen atoms in total. The minimum absolute atomic E-state index is 0.0255. The standard InChI is InChI=1S/C43H45BF9N2/c1-26-13-11-14-27(2)39(26)54-36-25-35(31-19-9-6-10-20-31)55(40-28(3)15-12-16-29(40)4)37(22-21-30-17-7-5-8-18-30)44(36)38-33(42(48,49)50)23-32(41(45,46)47)24-34(38)43(51,52)53/h11-16,21-25,30-31H,5-10,17-20H2,1-4H3/q-1/p+1/b22-21+. The summed E-state index contributed by atoms with van der Waals surface area (Å²) < 4.78 is 136. The first kappa shape index (κ1) is 40.6. The fourth-order valence-corrected chi connectivity index (χ4v) is 8.76. The number of aryl methyl sites for hydroxylation is 4. The van der Waals surface area contributed by atoms with Crippen molar-refractivity contribution in [3.05, 3.63) is 111 Å². The first-order valence-corrected chi connectivity index (χ1v) is 19.1. The highest BCUT2D eigenvalue weighted by molar-refractivity contribution is 6.74. The third-order valence-electron chi connectivity index (χ3n) is 11.5. The van der Waals surface area contributed by atoms with Gasteiger partial charge in [-0.05, 0) is 94.7 Å². The fraction of sp³-hybridized carbons (Fsp3) is 0.442. The van der Waals surface area contributed by atoms with Crippen LogP contribution in [0.4, 0.5) is 50.8 Å². The van der Waals surface area contributed by atoms with Crippen molar-refractivity contribution in [3.8, 4) is 11.2 Å². The van der Waals surface area contributed by atoms with E-state index in [4.69, 9.17) is 0 Å². The maximum Gasteiger partial charge on any atom is 0.416 e. The SMILES string of the molecule is Cc1cccc(C)c1Nc1cc(C2CCCCC2)[n+](-c2c(C)cccc2C)c(/C=C/C2CCCCC2)[b-]1-c1c(C(F)(F)F)cc(C(F)(F)F)cc1C(F)(F)F. The van der Waals surface area contributed by atoms with E-state index in [1.807, 2.05) is 42.7 Å². The number of anilines is 2. The summed E-state index contributed by atoms with van der Waals surface area (Å²) in [7, 11) is 0. The van der Waals surface area contributed by atoms with Crippen LogP contribution in [0.2, 0.25) is 0 Å². The highest BCUT2D eigenvalue weighted by atomic mass is 19.4. The minimum atomic E-state index is -5.57. The lowest BCUT2D eigenvalue weighted by Gasteiger charge is -2.34. The topological polar surface area (TPSA) is 15.9 Å². The largest absolute Gasteiger partial charge is 0.416 e. The average Bonchev–Trinajstić information content (AvgIpc) is 3.11. The number of nitrogens with zero attached hydrogens (tertiary/aromatic N) is 1. The van der Waals surface area contributed by atoms with Crippen molar-refractivity contribution < 1.29 is 44.1 Å². The molecule has 2 aliphatic carbocycles. The third kappa shape index (κ3) is 8.68. The van der Waals surface area contributed by atoms with E-state index in [9.17, 15) is 13.2 Å². The van der Waals surface area contributed by atoms with Gasteiger partial charge in [-0.15, -0.1) is 5.58 Å². The molecule has 12 heteroatoms. The Morgan fingerprint density at radius 2 is 1.13 bits per heavy atom. The van der Waals surface area contributed by atoms with E-state index < -0.39 is 47.0 Å². The highest BCUT2D eigenvalue weighted by Gasteiger charge is 2.44. The van der Waals surface area contributed by atoms with Crippen LogP contribution >= 0.6 is 0 Å². The Balaban J connectivity index is 1.88. The van der Waals surface area contributed by atoms with Gasteiger partial charge in [0.2, 0.25) is 5.69 Å². The van der Waals surface area contributed by atoms with E-state index in [-0.39, 0.29) is 35.1 Å². The highest BCUT2D eigenvalue weighted by Crippen LogP contribution is 2.47. The monoisotopic (exact) mass is 772 g/mol. The molecule has 0 saturated heterocycles. The molecule has 1 aromatic heterocycles. The predicted octanol–water partition coefficient (Wildman–Crippen LogP) is 13.7. The molecule has 1 N–H and O–H groups in total. The average molecular weight is 773 g/mol. The molecule has 2 fully saturated rings. The van der Waals surface area contributed by atoms with E-state index in [1.165, 1.54) is 0 Å². The number of rotatable bonds is 7. The molecule has 1 heterocycles. The van der Waals surface area contributed by atoms with E-state index in [1.54, 1.807) is 44.2 Å². The lowest BCUT2D eigenvalue weighted by molar-refractivity contribution is -0.606. The summed E-state index contributed by atoms with van der Waals surface area (Å²) >= 11 is 0. The molecular weight excluding hydrogens is 726 g/mol. The van der Waals surface area contributed by atoms with Crippen LogP contribution in [0.3, 0.4) is 0 Å². The zero-order valence-electron chi connectivity index (χ0n) is 31.5. The van der Waals surface area contributed by atoms with Crippen molar-refractivity contribution in [2.75, 3.05) is 5.32 Å². The number of halogens is 9. The van der Waals surface area contributed by atoms with Gasteiger partial charge in [-0.2, -0.15) is 45.0 Å². The number of hydrogen-bond acceptors (Lipinski definition) is 1. The Hall–Kier alpha value is -4.09. The van der Waals surface area contributed by atoms with Crippen LogP contribution in [0.25, 0.3) is 17.2 Å². The third-order valence-corrected chi connectivity index (χ3v) is 11.5. The lowest BCUT2D eigenvalue weighted by atomic mass is 9.51. The Labute approximate surface area is 316 Å². The molecule has 4 aromatic rings. The van der Waals surface area contributed by atoms with Gasteiger partial charge in [-0.1, -0.05) is 81.0 Å². The Morgan fingerprint density at radius 1 is 0.636 bits per heavy atom. The second kappa shape index (κ2) is 15.8. The summed E-state index contributed by atoms with van der Waals surface area (Å²) in [6, 6.07) is 12.3. The summed E-state index contributed by atoms with van der Waals surface area (Å²) in [4.78, 5) is 0. The van der Waals surface area contributed by atoms with Crippen LogP contribution in [0.1, 0.15) is 120 Å². The van der Waals surface area contributed by atoms with Crippen molar-refractivity contribution in [2.24, 2.45) is 5.92 Å². The van der Waals surface area contributed by atoms with Crippen LogP contribution in [0.5, 0.6) is 0 Å². The normalized spacial score (nSPS) is 16.6. The minimum Gasteiger partial charge on any atom is -0.397 e. The molecule has 0 aliphatic heterocycles. The molecule has 0 amide bonds. The van der Waals surface area contributed by atoms with Gasteiger partial charge in [0.1, 0.15) is 0 Å². The number of benzene rings is 3. The first-order valence-electron chi connectivity index (χ1n) is 19.1. The molecule has 0 radical (unpaired) electrons. The van der Waals surface area contributed by atoms with Crippen LogP contribution in [0, 0.1) is 33.6 Å². The summed E-state index contributed by atoms with van der Waals surface area (Å²) in [5.74, 6) is -0.0594. The van der Waals surface area contributed by atoms with Crippen molar-refractivity contribution in [1.82, 2.24) is 0 Å². The molecule has 0 bridgehead atoms. The molecule has 2 saturated carbocycles. The molecule has 55 heavy (non-hydrogen) atoms. The molecule has 0 atom stereocenters. The maximum atomic E-state index is 15.3. The molecule has 2 aliphatic rings. The molecule has 3 aromatic carbocycles. The summed E-state index contributed by atoms with van der Waals surface area (Å²) in [6.07, 6.45) is -6.03. The van der Waals surface area contributed by atoms with Gasteiger partial charge in [0.05, 0.1) is 5.56 Å². The Bertz CT molecular complexity index is 1990. The number of para-hydroxylation sites is 2. The van der Waals surface area contributed by atoms with Gasteiger partial charge in [0, 0.05) is 45.8 Å². The summed E-state index contributed by atoms with van der Waals surface area (Å²) in [6.45, 7) is 7.28. The van der Waals surface area contributed by atoms with Crippen molar-refractivity contribution in [1.29, 1.82) is 0 Å². The summed E-state index contributed by atoms with van der Waals surface area (Å²) in [5, 5.41) is 3.31. The summed E-state index contributed by atoms with van der Waals surface area (Å²) in [5.41, 5.74) is -2.25. The van der Waals surface area contributed by atoms with Crippen LogP contribution in [-0.4, -0.2) is 6.34 Å². The molecular formula is C43H46BF9N2. The second-order valence-electron chi connectivity index (χ2n) is 15.4. The smallest absolute Gasteiger partial charge is 0.397 e. The van der Waals surface area contributed by atoms with Gasteiger partial charge in [-0.25, -0.2) is 4.57 Å². The van der Waals surface area contributed by atoms with E-state index in [0.717, 1.165) is 81.0 Å². The van der Waals surface area contributed by atoms with Crippen LogP contribution in [0.15, 0.2) is 60.7 Å². The molecule has 6 rings (SSSR count). The second-order valence-corrected chi connectivity index (χ2v) is 15.4. The van der Waals surface area contributed by atoms with Crippen LogP contribution < -0.4 is 9.88 Å². The van der Waals surface area contributed by atoms with Gasteiger partial charge in [-0.3, -0.25) is 0 Å². The molecule has 294 valence electrons. The van der Waals surface area contributed by atoms with Crippen molar-refractivity contribution >= 4 is 23.7 Å². The fourth-order valence-electron chi connectivity index (χ4n) is 8.76. The number of allylic oxidation sites excluding steroid dienone is 1. The predicted molar refractivity (Wildman–Crippen MR) is 200 cm³/mol. The lowest BCUT2D eigenvalue weighted by Crippen LogP contribution is -2.46. The van der Waals surface area contributed by atoms with Crippen molar-refractivity contribution in [3.63, 3.8) is 0 Å². The number of aromatic nitrogens is 1. The quantitative estimate of drug-likeness (QED) is 0.146. The zero-order chi connectivity index (χ0) is 39.9. The number of alkyl halides is 9. The van der Waals surface area contributed by atoms with Gasteiger partial charge < -0.3 is 5.32 Å². The number of hydrogen-bond donors (Lipinski definition) is 1. The Kier molecular flexibility index (Phi) is 11.7. The van der Waals surface area contributed by atoms with Crippen LogP contribution in [-0.2, 0) is 18.5 Å². The molecule has 0 unspecified atom stereocenters. The van der Waals surface area contributed by atoms with E-state index in [2.05, 4.69) is 5.32 Å². The van der Waals surface area contributed by atoms with Gasteiger partial charge >= 0.3 is 18.5 Å². The van der Waals surface area contributed by atoms with E-state index in [0.29, 0.717) is 22.5 Å². The van der Waals surface area contributed by atoms with Crippen molar-refractivity contribution in [2.45, 2.75) is 116 Å². The van der Waals surface area contributed by atoms with E-state index >= 15 is 26.3 Å². The first-order chi connectivity index (χ1) is 25.9. The number of nitrogens with one attached hydrogen (secondary N) is 1. The Morgan fingerprint density at radius 3 is 1.62 bits per heavy atom. The van der Waals surface area contributed by atoms with Gasteiger partial charge in [0.25, 0.3) is 0 Å². The molecule has 0 spiro atoms.